The molecule has 0 radical (unpaired) electrons. The minimum Gasteiger partial charge on any atom is -0.481 e. The number of ether oxygens (including phenoxy) is 3. The van der Waals surface area contributed by atoms with Crippen molar-refractivity contribution in [1.82, 2.24) is 15.1 Å². The number of methoxy groups -OCH3 is 2. The number of nitrogens with one attached hydrogen (secondary N) is 1. The quantitative estimate of drug-likeness (QED) is 0.556. The molecule has 0 spiro atoms. The van der Waals surface area contributed by atoms with E-state index in [4.69, 9.17) is 14.2 Å². The van der Waals surface area contributed by atoms with Crippen LogP contribution in [0.1, 0.15) is 24.2 Å². The van der Waals surface area contributed by atoms with Gasteiger partial charge < -0.3 is 14.2 Å². The Morgan fingerprint density at radius 3 is 2.70 bits per heavy atom. The van der Waals surface area contributed by atoms with E-state index in [0.717, 1.165) is 5.69 Å². The summed E-state index contributed by atoms with van der Waals surface area (Å²) in [5.41, 5.74) is 1.43. The molecule has 7 heteroatoms. The average Bonchev–Trinajstić information content (AvgIpc) is 2.69. The van der Waals surface area contributed by atoms with Gasteiger partial charge in [-0.05, 0) is 13.8 Å². The van der Waals surface area contributed by atoms with Crippen molar-refractivity contribution in [2.75, 3.05) is 34.0 Å². The number of esters is 1. The molecule has 0 saturated carbocycles. The maximum absolute atomic E-state index is 12.1. The first kappa shape index (κ1) is 16.5. The highest BCUT2D eigenvalue weighted by Gasteiger charge is 2.29. The van der Waals surface area contributed by atoms with E-state index in [1.807, 2.05) is 6.92 Å². The van der Waals surface area contributed by atoms with E-state index in [1.165, 1.54) is 0 Å². The van der Waals surface area contributed by atoms with Crippen LogP contribution >= 0.6 is 0 Å². The Morgan fingerprint density at radius 2 is 2.15 bits per heavy atom. The van der Waals surface area contributed by atoms with Crippen LogP contribution in [0.15, 0.2) is 0 Å². The second-order valence-electron chi connectivity index (χ2n) is 4.26. The first-order valence-electron chi connectivity index (χ1n) is 6.53. The van der Waals surface area contributed by atoms with Gasteiger partial charge in [-0.15, -0.1) is 0 Å². The summed E-state index contributed by atoms with van der Waals surface area (Å²) in [6, 6.07) is -0.617. The smallest absolute Gasteiger partial charge is 0.328 e. The number of aromatic nitrogens is 2. The van der Waals surface area contributed by atoms with E-state index < -0.39 is 6.04 Å². The highest BCUT2D eigenvalue weighted by atomic mass is 16.5. The van der Waals surface area contributed by atoms with Gasteiger partial charge in [0.05, 0.1) is 31.6 Å². The summed E-state index contributed by atoms with van der Waals surface area (Å²) < 4.78 is 17.1. The summed E-state index contributed by atoms with van der Waals surface area (Å²) in [5.74, 6) is 0.198. The van der Waals surface area contributed by atoms with Gasteiger partial charge in [0, 0.05) is 20.7 Å². The minimum atomic E-state index is -0.617. The molecule has 1 heterocycles. The third kappa shape index (κ3) is 3.71. The van der Waals surface area contributed by atoms with Gasteiger partial charge in [0.15, 0.2) is 0 Å². The van der Waals surface area contributed by atoms with Crippen LogP contribution in [0, 0.1) is 6.92 Å². The lowest BCUT2D eigenvalue weighted by molar-refractivity contribution is -0.146. The second-order valence-corrected chi connectivity index (χ2v) is 4.26. The molecule has 20 heavy (non-hydrogen) atoms. The van der Waals surface area contributed by atoms with Crippen molar-refractivity contribution in [2.45, 2.75) is 19.9 Å². The molecular formula is C13H23N3O4. The van der Waals surface area contributed by atoms with Crippen LogP contribution < -0.4 is 10.1 Å². The van der Waals surface area contributed by atoms with E-state index in [9.17, 15) is 4.79 Å². The molecule has 1 rings (SSSR count). The minimum absolute atomic E-state index is 0.322. The number of rotatable bonds is 8. The molecule has 0 aromatic carbocycles. The summed E-state index contributed by atoms with van der Waals surface area (Å²) in [5, 5.41) is 7.40. The molecule has 0 amide bonds. The number of carbonyl (C=O) groups is 1. The van der Waals surface area contributed by atoms with E-state index in [1.54, 1.807) is 32.9 Å². The zero-order chi connectivity index (χ0) is 15.1. The third-order valence-corrected chi connectivity index (χ3v) is 2.87. The van der Waals surface area contributed by atoms with Gasteiger partial charge in [0.25, 0.3) is 0 Å². The molecule has 1 aromatic heterocycles. The van der Waals surface area contributed by atoms with Crippen molar-refractivity contribution < 1.29 is 19.0 Å². The fourth-order valence-corrected chi connectivity index (χ4v) is 2.06. The molecule has 1 aromatic rings. The van der Waals surface area contributed by atoms with Crippen LogP contribution in [0.2, 0.25) is 0 Å². The molecule has 0 aliphatic carbocycles. The van der Waals surface area contributed by atoms with Gasteiger partial charge in [-0.1, -0.05) is 0 Å². The van der Waals surface area contributed by atoms with Gasteiger partial charge >= 0.3 is 5.97 Å². The number of hydrogen-bond acceptors (Lipinski definition) is 6. The molecule has 0 aliphatic rings. The summed E-state index contributed by atoms with van der Waals surface area (Å²) >= 11 is 0. The van der Waals surface area contributed by atoms with Crippen molar-refractivity contribution in [3.8, 4) is 5.88 Å². The molecule has 114 valence electrons. The average molecular weight is 285 g/mol. The van der Waals surface area contributed by atoms with E-state index >= 15 is 0 Å². The Kier molecular flexibility index (Phi) is 6.47. The van der Waals surface area contributed by atoms with Gasteiger partial charge in [-0.2, -0.15) is 5.10 Å². The molecule has 1 N–H and O–H groups in total. The van der Waals surface area contributed by atoms with E-state index in [2.05, 4.69) is 10.4 Å². The topological polar surface area (TPSA) is 74.6 Å². The Balaban J connectivity index is 3.05. The standard InChI is InChI=1S/C13H23N3O4/c1-6-20-13(17)11(14-7-8-18-4)10-9(2)15-16(3)12(10)19-5/h11,14H,6-8H2,1-5H3. The van der Waals surface area contributed by atoms with Crippen LogP contribution in [-0.4, -0.2) is 49.7 Å². The fraction of sp³-hybridized carbons (Fsp3) is 0.692. The lowest BCUT2D eigenvalue weighted by Gasteiger charge is -2.18. The zero-order valence-corrected chi connectivity index (χ0v) is 12.7. The lowest BCUT2D eigenvalue weighted by Crippen LogP contribution is -2.33. The molecule has 0 saturated heterocycles. The maximum atomic E-state index is 12.1. The van der Waals surface area contributed by atoms with Crippen molar-refractivity contribution in [1.29, 1.82) is 0 Å². The molecule has 1 unspecified atom stereocenters. The van der Waals surface area contributed by atoms with Gasteiger partial charge in [0.1, 0.15) is 6.04 Å². The van der Waals surface area contributed by atoms with Gasteiger partial charge in [0.2, 0.25) is 5.88 Å². The Hall–Kier alpha value is -1.60. The summed E-state index contributed by atoms with van der Waals surface area (Å²) in [7, 11) is 4.93. The SMILES string of the molecule is CCOC(=O)C(NCCOC)c1c(C)nn(C)c1OC. The zero-order valence-electron chi connectivity index (χ0n) is 12.7. The molecule has 7 nitrogen and oxygen atoms in total. The van der Waals surface area contributed by atoms with E-state index in [0.29, 0.717) is 31.2 Å². The number of aryl methyl sites for hydroxylation is 2. The summed E-state index contributed by atoms with van der Waals surface area (Å²) in [6.07, 6.45) is 0. The number of carbonyl (C=O) groups excluding carboxylic acids is 1. The molecular weight excluding hydrogens is 262 g/mol. The van der Waals surface area contributed by atoms with Crippen molar-refractivity contribution in [3.63, 3.8) is 0 Å². The summed E-state index contributed by atoms with van der Waals surface area (Å²) in [6.45, 7) is 4.96. The molecule has 0 aliphatic heterocycles. The number of hydrogen-bond donors (Lipinski definition) is 1. The predicted molar refractivity (Wildman–Crippen MR) is 73.7 cm³/mol. The van der Waals surface area contributed by atoms with Gasteiger partial charge in [-0.25, -0.2) is 9.48 Å². The molecule has 0 fully saturated rings. The van der Waals surface area contributed by atoms with Crippen LogP contribution in [0.3, 0.4) is 0 Å². The normalized spacial score (nSPS) is 12.2. The maximum Gasteiger partial charge on any atom is 0.328 e. The first-order chi connectivity index (χ1) is 9.56. The van der Waals surface area contributed by atoms with Crippen molar-refractivity contribution in [2.24, 2.45) is 7.05 Å². The third-order valence-electron chi connectivity index (χ3n) is 2.87. The predicted octanol–water partition coefficient (Wildman–Crippen LogP) is 0.577. The van der Waals surface area contributed by atoms with Crippen molar-refractivity contribution >= 4 is 5.97 Å². The fourth-order valence-electron chi connectivity index (χ4n) is 2.06. The van der Waals surface area contributed by atoms with E-state index in [-0.39, 0.29) is 5.97 Å². The number of nitrogens with zero attached hydrogens (tertiary/aromatic N) is 2. The lowest BCUT2D eigenvalue weighted by atomic mass is 10.1. The van der Waals surface area contributed by atoms with Crippen LogP contribution in [0.4, 0.5) is 0 Å². The second kappa shape index (κ2) is 7.86. The molecule has 1 atom stereocenters. The van der Waals surface area contributed by atoms with Crippen LogP contribution in [0.25, 0.3) is 0 Å². The van der Waals surface area contributed by atoms with Crippen LogP contribution in [0.5, 0.6) is 5.88 Å². The molecule has 0 bridgehead atoms. The monoisotopic (exact) mass is 285 g/mol. The van der Waals surface area contributed by atoms with Crippen molar-refractivity contribution in [3.05, 3.63) is 11.3 Å². The highest BCUT2D eigenvalue weighted by molar-refractivity contribution is 5.79. The Morgan fingerprint density at radius 1 is 1.45 bits per heavy atom. The first-order valence-corrected chi connectivity index (χ1v) is 6.53. The van der Waals surface area contributed by atoms with Gasteiger partial charge in [-0.3, -0.25) is 5.32 Å². The van der Waals surface area contributed by atoms with Crippen LogP contribution in [-0.2, 0) is 21.3 Å². The summed E-state index contributed by atoms with van der Waals surface area (Å²) in [4.78, 5) is 12.1. The largest absolute Gasteiger partial charge is 0.481 e. The Bertz CT molecular complexity index is 445. The highest BCUT2D eigenvalue weighted by Crippen LogP contribution is 2.28. The Labute approximate surface area is 119 Å².